The molecule has 1 saturated heterocycles. The number of hydrogen-bond donors (Lipinski definition) is 0. The van der Waals surface area contributed by atoms with E-state index in [0.29, 0.717) is 17.9 Å². The molecule has 0 bridgehead atoms. The number of hydrazone groups is 1. The lowest BCUT2D eigenvalue weighted by Gasteiger charge is -2.25. The monoisotopic (exact) mass is 586 g/mol. The van der Waals surface area contributed by atoms with Crippen LogP contribution in [0.5, 0.6) is 5.75 Å². The number of ether oxygens (including phenoxy) is 1. The summed E-state index contributed by atoms with van der Waals surface area (Å²) in [7, 11) is 1.60. The van der Waals surface area contributed by atoms with Gasteiger partial charge in [-0.25, -0.2) is 9.91 Å². The molecule has 0 aromatic heterocycles. The summed E-state index contributed by atoms with van der Waals surface area (Å²) in [5, 5.41) is 15.5. The van der Waals surface area contributed by atoms with Gasteiger partial charge < -0.3 is 4.74 Å². The van der Waals surface area contributed by atoms with Crippen LogP contribution in [0.25, 0.3) is 0 Å². The van der Waals surface area contributed by atoms with Crippen LogP contribution in [0, 0.1) is 0 Å². The Labute approximate surface area is 232 Å². The van der Waals surface area contributed by atoms with Gasteiger partial charge in [0, 0.05) is 10.9 Å². The first-order valence-corrected chi connectivity index (χ1v) is 13.1. The summed E-state index contributed by atoms with van der Waals surface area (Å²) in [5.74, 6) is -0.588. The van der Waals surface area contributed by atoms with Gasteiger partial charge in [-0.15, -0.1) is 0 Å². The lowest BCUT2D eigenvalue weighted by molar-refractivity contribution is -0.135. The van der Waals surface area contributed by atoms with Crippen LogP contribution in [-0.4, -0.2) is 59.2 Å². The minimum absolute atomic E-state index is 0.256. The van der Waals surface area contributed by atoms with Crippen LogP contribution in [0.4, 0.5) is 5.69 Å². The van der Waals surface area contributed by atoms with Gasteiger partial charge in [-0.2, -0.15) is 10.2 Å². The van der Waals surface area contributed by atoms with Gasteiger partial charge in [0.05, 0.1) is 24.6 Å². The van der Waals surface area contributed by atoms with E-state index in [4.69, 9.17) is 9.84 Å². The molecule has 3 amide bonds. The highest BCUT2D eigenvalue weighted by atomic mass is 79.9. The number of benzene rings is 3. The molecule has 3 heterocycles. The largest absolute Gasteiger partial charge is 0.497 e. The summed E-state index contributed by atoms with van der Waals surface area (Å²) < 4.78 is 6.02. The molecule has 3 aromatic carbocycles. The molecule has 10 nitrogen and oxygen atoms in total. The van der Waals surface area contributed by atoms with Crippen LogP contribution in [-0.2, 0) is 14.4 Å². The van der Waals surface area contributed by atoms with Crippen molar-refractivity contribution in [1.82, 2.24) is 10.0 Å². The molecule has 6 rings (SSSR count). The summed E-state index contributed by atoms with van der Waals surface area (Å²) in [6, 6.07) is 21.8. The van der Waals surface area contributed by atoms with Crippen molar-refractivity contribution >= 4 is 45.1 Å². The van der Waals surface area contributed by atoms with Gasteiger partial charge >= 0.3 is 0 Å². The van der Waals surface area contributed by atoms with E-state index in [1.165, 1.54) is 10.0 Å². The molecule has 11 heteroatoms. The second-order valence-corrected chi connectivity index (χ2v) is 10.2. The van der Waals surface area contributed by atoms with Gasteiger partial charge in [-0.1, -0.05) is 69.7 Å². The zero-order chi connectivity index (χ0) is 27.1. The molecular formula is C28H23BrN6O4. The number of anilines is 1. The second kappa shape index (κ2) is 10.1. The minimum Gasteiger partial charge on any atom is -0.497 e. The van der Waals surface area contributed by atoms with Crippen LogP contribution in [0.2, 0.25) is 0 Å². The first-order valence-electron chi connectivity index (χ1n) is 12.3. The summed E-state index contributed by atoms with van der Waals surface area (Å²) in [6.45, 7) is -0.256. The number of halogens is 1. The van der Waals surface area contributed by atoms with Crippen LogP contribution in [0.15, 0.2) is 98.8 Å². The van der Waals surface area contributed by atoms with Crippen LogP contribution in [0.3, 0.4) is 0 Å². The number of rotatable bonds is 6. The number of imide groups is 1. The van der Waals surface area contributed by atoms with Gasteiger partial charge in [0.25, 0.3) is 17.7 Å². The number of carbonyl (C=O) groups is 3. The van der Waals surface area contributed by atoms with Crippen molar-refractivity contribution in [1.29, 1.82) is 0 Å². The van der Waals surface area contributed by atoms with E-state index in [-0.39, 0.29) is 18.5 Å². The van der Waals surface area contributed by atoms with Gasteiger partial charge in [0.2, 0.25) is 0 Å². The number of methoxy groups -OCH3 is 1. The highest BCUT2D eigenvalue weighted by Crippen LogP contribution is 2.36. The Morgan fingerprint density at radius 2 is 1.77 bits per heavy atom. The lowest BCUT2D eigenvalue weighted by Crippen LogP contribution is -2.44. The van der Waals surface area contributed by atoms with E-state index in [2.05, 4.69) is 26.3 Å². The number of carbonyl (C=O) groups excluding carboxylic acids is 3. The van der Waals surface area contributed by atoms with Gasteiger partial charge in [0.15, 0.2) is 12.1 Å². The third-order valence-corrected chi connectivity index (χ3v) is 7.49. The van der Waals surface area contributed by atoms with Crippen molar-refractivity contribution < 1.29 is 19.1 Å². The fraction of sp³-hybridized carbons (Fsp3) is 0.214. The second-order valence-electron chi connectivity index (χ2n) is 9.33. The molecule has 39 heavy (non-hydrogen) atoms. The molecule has 3 aliphatic heterocycles. The Balaban J connectivity index is 1.26. The quantitative estimate of drug-likeness (QED) is 0.404. The third kappa shape index (κ3) is 4.48. The predicted molar refractivity (Wildman–Crippen MR) is 146 cm³/mol. The lowest BCUT2D eigenvalue weighted by atomic mass is 9.98. The third-order valence-electron chi connectivity index (χ3n) is 7.00. The van der Waals surface area contributed by atoms with Crippen molar-refractivity contribution in [3.05, 3.63) is 94.5 Å². The molecule has 0 unspecified atom stereocenters. The van der Waals surface area contributed by atoms with E-state index in [1.54, 1.807) is 31.4 Å². The van der Waals surface area contributed by atoms with Gasteiger partial charge in [0.1, 0.15) is 12.3 Å². The summed E-state index contributed by atoms with van der Waals surface area (Å²) in [4.78, 5) is 41.2. The van der Waals surface area contributed by atoms with Crippen molar-refractivity contribution in [3.8, 4) is 5.75 Å². The molecule has 0 aliphatic carbocycles. The molecule has 1 fully saturated rings. The summed E-state index contributed by atoms with van der Waals surface area (Å²) in [5.41, 5.74) is 3.03. The van der Waals surface area contributed by atoms with E-state index < -0.39 is 23.9 Å². The maximum Gasteiger partial charge on any atom is 0.264 e. The van der Waals surface area contributed by atoms with Crippen LogP contribution < -0.4 is 9.64 Å². The van der Waals surface area contributed by atoms with Gasteiger partial charge in [-0.3, -0.25) is 19.4 Å². The zero-order valence-electron chi connectivity index (χ0n) is 20.8. The molecule has 196 valence electrons. The average Bonchev–Trinajstić information content (AvgIpc) is 3.65. The molecule has 3 atom stereocenters. The Kier molecular flexibility index (Phi) is 6.43. The normalized spacial score (nSPS) is 21.9. The van der Waals surface area contributed by atoms with E-state index in [1.807, 2.05) is 54.6 Å². The van der Waals surface area contributed by atoms with E-state index in [9.17, 15) is 14.4 Å². The van der Waals surface area contributed by atoms with Crippen molar-refractivity contribution in [2.24, 2.45) is 15.4 Å². The Morgan fingerprint density at radius 3 is 2.49 bits per heavy atom. The van der Waals surface area contributed by atoms with Crippen molar-refractivity contribution in [2.75, 3.05) is 18.6 Å². The fourth-order valence-electron chi connectivity index (χ4n) is 5.07. The Morgan fingerprint density at radius 1 is 1.00 bits per heavy atom. The van der Waals surface area contributed by atoms with Gasteiger partial charge in [-0.05, 0) is 41.5 Å². The molecule has 0 spiro atoms. The Bertz CT molecular complexity index is 1510. The number of hydrogen-bond acceptors (Lipinski definition) is 8. The molecule has 0 saturated carbocycles. The maximum absolute atomic E-state index is 13.7. The summed E-state index contributed by atoms with van der Waals surface area (Å²) in [6.07, 6.45) is 0.518. The van der Waals surface area contributed by atoms with Crippen LogP contribution >= 0.6 is 15.9 Å². The van der Waals surface area contributed by atoms with E-state index >= 15 is 0 Å². The zero-order valence-corrected chi connectivity index (χ0v) is 22.4. The van der Waals surface area contributed by atoms with Crippen molar-refractivity contribution in [3.63, 3.8) is 0 Å². The molecule has 0 N–H and O–H groups in total. The predicted octanol–water partition coefficient (Wildman–Crippen LogP) is 4.13. The Hall–Kier alpha value is -4.38. The average molecular weight is 587 g/mol. The number of amides is 3. The minimum atomic E-state index is -0.997. The smallest absolute Gasteiger partial charge is 0.264 e. The highest BCUT2D eigenvalue weighted by molar-refractivity contribution is 9.10. The van der Waals surface area contributed by atoms with Crippen molar-refractivity contribution in [2.45, 2.75) is 24.5 Å². The molecule has 3 aliphatic rings. The van der Waals surface area contributed by atoms with E-state index in [0.717, 1.165) is 26.2 Å². The first kappa shape index (κ1) is 24.9. The van der Waals surface area contributed by atoms with Crippen LogP contribution in [0.1, 0.15) is 23.6 Å². The standard InChI is InChI=1S/C28H23BrN6O4/c1-39-21-12-10-18(11-13-21)23-15-22(17-6-3-2-4-7-17)31-35(23)24(36)16-33-26-25(30-32-33)27(37)34(28(26)38)20-9-5-8-19(29)14-20/h2-14,23,25-26H,15-16H2,1H3/t23-,25-,26+/m0/s1. The molecular weight excluding hydrogens is 564 g/mol. The highest BCUT2D eigenvalue weighted by Gasteiger charge is 2.55. The topological polar surface area (TPSA) is 107 Å². The molecule has 0 radical (unpaired) electrons. The first-order chi connectivity index (χ1) is 18.9. The fourth-order valence-corrected chi connectivity index (χ4v) is 5.45. The number of fused-ring (bicyclic) bond motifs is 1. The SMILES string of the molecule is COc1ccc([C@@H]2CC(c3ccccc3)=NN2C(=O)CN2N=N[C@@H]3C(=O)N(c4cccc(Br)c4)C(=O)[C@@H]32)cc1. The maximum atomic E-state index is 13.7. The number of nitrogens with zero attached hydrogens (tertiary/aromatic N) is 6. The summed E-state index contributed by atoms with van der Waals surface area (Å²) >= 11 is 3.38. The molecule has 3 aromatic rings.